The van der Waals surface area contributed by atoms with Crippen LogP contribution in [0.3, 0.4) is 0 Å². The fraction of sp³-hybridized carbons (Fsp3) is 0.727. The van der Waals surface area contributed by atoms with Gasteiger partial charge in [-0.3, -0.25) is 4.79 Å². The number of amides is 1. The smallest absolute Gasteiger partial charge is 0.236 e. The van der Waals surface area contributed by atoms with E-state index in [-0.39, 0.29) is 5.91 Å². The minimum absolute atomic E-state index is 0.172. The van der Waals surface area contributed by atoms with Crippen molar-refractivity contribution in [3.63, 3.8) is 0 Å². The van der Waals surface area contributed by atoms with Crippen LogP contribution in [-0.2, 0) is 4.79 Å². The van der Waals surface area contributed by atoms with Gasteiger partial charge in [0.1, 0.15) is 0 Å². The van der Waals surface area contributed by atoms with Gasteiger partial charge in [-0.15, -0.1) is 6.58 Å². The first-order valence-electron chi connectivity index (χ1n) is 5.24. The second-order valence-corrected chi connectivity index (χ2v) is 4.00. The number of carbonyl (C=O) groups excluding carboxylic acids is 1. The summed E-state index contributed by atoms with van der Waals surface area (Å²) in [4.78, 5) is 13.5. The second-order valence-electron chi connectivity index (χ2n) is 4.00. The van der Waals surface area contributed by atoms with Gasteiger partial charge >= 0.3 is 0 Å². The molecule has 0 aromatic carbocycles. The van der Waals surface area contributed by atoms with E-state index in [2.05, 4.69) is 18.8 Å². The Kier molecular flexibility index (Phi) is 4.14. The van der Waals surface area contributed by atoms with Gasteiger partial charge in [0.2, 0.25) is 5.91 Å². The third kappa shape index (κ3) is 3.14. The Hall–Kier alpha value is -0.830. The highest BCUT2D eigenvalue weighted by atomic mass is 16.2. The molecule has 0 aromatic rings. The maximum atomic E-state index is 11.6. The van der Waals surface area contributed by atoms with E-state index in [9.17, 15) is 4.79 Å². The summed E-state index contributed by atoms with van der Waals surface area (Å²) in [6, 6.07) is 0.396. The summed E-state index contributed by atoms with van der Waals surface area (Å²) in [6.45, 7) is 6.82. The highest BCUT2D eigenvalue weighted by molar-refractivity contribution is 5.78. The van der Waals surface area contributed by atoms with Crippen LogP contribution in [0.15, 0.2) is 12.7 Å². The standard InChI is InChI=1S/C11H20N2O/c1-4-7-12-8-11(14)13(3)9(2)10-5-6-10/h4,9-10,12H,1,5-8H2,2-3H3. The summed E-state index contributed by atoms with van der Waals surface area (Å²) in [6.07, 6.45) is 4.31. The van der Waals surface area contributed by atoms with Crippen molar-refractivity contribution in [2.45, 2.75) is 25.8 Å². The quantitative estimate of drug-likeness (QED) is 0.508. The molecule has 1 unspecified atom stereocenters. The molecule has 0 spiro atoms. The number of rotatable bonds is 6. The minimum atomic E-state index is 0.172. The number of hydrogen-bond acceptors (Lipinski definition) is 2. The number of carbonyl (C=O) groups is 1. The van der Waals surface area contributed by atoms with Gasteiger partial charge in [0.15, 0.2) is 0 Å². The first-order chi connectivity index (χ1) is 6.66. The van der Waals surface area contributed by atoms with Crippen LogP contribution in [0.5, 0.6) is 0 Å². The molecule has 1 rings (SSSR count). The van der Waals surface area contributed by atoms with E-state index in [1.54, 1.807) is 6.08 Å². The summed E-state index contributed by atoms with van der Waals surface area (Å²) in [5.74, 6) is 0.912. The van der Waals surface area contributed by atoms with Crippen LogP contribution in [0.4, 0.5) is 0 Å². The lowest BCUT2D eigenvalue weighted by atomic mass is 10.2. The Morgan fingerprint density at radius 2 is 2.36 bits per heavy atom. The predicted octanol–water partition coefficient (Wildman–Crippen LogP) is 1.02. The fourth-order valence-electron chi connectivity index (χ4n) is 1.53. The van der Waals surface area contributed by atoms with Crippen molar-refractivity contribution in [1.29, 1.82) is 0 Å². The zero-order valence-electron chi connectivity index (χ0n) is 9.12. The molecule has 1 fully saturated rings. The number of likely N-dealkylation sites (N-methyl/N-ethyl adjacent to an activating group) is 1. The van der Waals surface area contributed by atoms with Gasteiger partial charge in [-0.1, -0.05) is 6.08 Å². The molecule has 0 saturated heterocycles. The van der Waals surface area contributed by atoms with Crippen molar-refractivity contribution in [2.75, 3.05) is 20.1 Å². The summed E-state index contributed by atoms with van der Waals surface area (Å²) >= 11 is 0. The molecule has 1 atom stereocenters. The number of hydrogen-bond donors (Lipinski definition) is 1. The number of nitrogens with one attached hydrogen (secondary N) is 1. The lowest BCUT2D eigenvalue weighted by Crippen LogP contribution is -2.41. The van der Waals surface area contributed by atoms with Gasteiger partial charge in [0.25, 0.3) is 0 Å². The lowest BCUT2D eigenvalue weighted by molar-refractivity contribution is -0.131. The topological polar surface area (TPSA) is 32.3 Å². The predicted molar refractivity (Wildman–Crippen MR) is 58.0 cm³/mol. The molecular formula is C11H20N2O. The number of nitrogens with zero attached hydrogens (tertiary/aromatic N) is 1. The van der Waals surface area contributed by atoms with Gasteiger partial charge in [-0.25, -0.2) is 0 Å². The lowest BCUT2D eigenvalue weighted by Gasteiger charge is -2.24. The van der Waals surface area contributed by atoms with E-state index in [0.29, 0.717) is 19.1 Å². The van der Waals surface area contributed by atoms with Gasteiger partial charge in [0.05, 0.1) is 6.54 Å². The molecule has 1 N–H and O–H groups in total. The van der Waals surface area contributed by atoms with E-state index in [4.69, 9.17) is 0 Å². The molecule has 3 heteroatoms. The van der Waals surface area contributed by atoms with Gasteiger partial charge in [0, 0.05) is 19.6 Å². The largest absolute Gasteiger partial charge is 0.342 e. The fourth-order valence-corrected chi connectivity index (χ4v) is 1.53. The average Bonchev–Trinajstić information content (AvgIpc) is 2.99. The Balaban J connectivity index is 2.24. The van der Waals surface area contributed by atoms with Crippen LogP contribution in [0, 0.1) is 5.92 Å². The van der Waals surface area contributed by atoms with Crippen LogP contribution >= 0.6 is 0 Å². The molecule has 1 aliphatic rings. The Bertz CT molecular complexity index is 211. The van der Waals surface area contributed by atoms with E-state index in [1.165, 1.54) is 12.8 Å². The van der Waals surface area contributed by atoms with Crippen molar-refractivity contribution in [1.82, 2.24) is 10.2 Å². The second kappa shape index (κ2) is 5.15. The van der Waals surface area contributed by atoms with E-state index < -0.39 is 0 Å². The van der Waals surface area contributed by atoms with Gasteiger partial charge < -0.3 is 10.2 Å². The summed E-state index contributed by atoms with van der Waals surface area (Å²) < 4.78 is 0. The van der Waals surface area contributed by atoms with Crippen LogP contribution in [-0.4, -0.2) is 37.0 Å². The third-order valence-corrected chi connectivity index (χ3v) is 2.87. The highest BCUT2D eigenvalue weighted by Gasteiger charge is 2.32. The summed E-state index contributed by atoms with van der Waals surface area (Å²) in [7, 11) is 1.89. The first kappa shape index (κ1) is 11.2. The molecule has 0 aliphatic heterocycles. The third-order valence-electron chi connectivity index (χ3n) is 2.87. The van der Waals surface area contributed by atoms with Crippen LogP contribution in [0.25, 0.3) is 0 Å². The van der Waals surface area contributed by atoms with Gasteiger partial charge in [-0.05, 0) is 25.7 Å². The van der Waals surface area contributed by atoms with E-state index >= 15 is 0 Å². The summed E-state index contributed by atoms with van der Waals surface area (Å²) in [5.41, 5.74) is 0. The van der Waals surface area contributed by atoms with Gasteiger partial charge in [-0.2, -0.15) is 0 Å². The maximum Gasteiger partial charge on any atom is 0.236 e. The molecule has 3 nitrogen and oxygen atoms in total. The highest BCUT2D eigenvalue weighted by Crippen LogP contribution is 2.34. The zero-order chi connectivity index (χ0) is 10.6. The van der Waals surface area contributed by atoms with Crippen molar-refractivity contribution in [3.8, 4) is 0 Å². The SMILES string of the molecule is C=CCNCC(=O)N(C)C(C)C1CC1. The van der Waals surface area contributed by atoms with Crippen LogP contribution in [0.1, 0.15) is 19.8 Å². The molecular weight excluding hydrogens is 176 g/mol. The normalized spacial score (nSPS) is 17.6. The average molecular weight is 196 g/mol. The van der Waals surface area contributed by atoms with Crippen molar-refractivity contribution in [2.24, 2.45) is 5.92 Å². The molecule has 0 heterocycles. The molecule has 0 aromatic heterocycles. The minimum Gasteiger partial charge on any atom is -0.342 e. The molecule has 1 amide bonds. The molecule has 1 saturated carbocycles. The molecule has 1 aliphatic carbocycles. The Labute approximate surface area is 86.2 Å². The van der Waals surface area contributed by atoms with E-state index in [0.717, 1.165) is 5.92 Å². The van der Waals surface area contributed by atoms with Crippen molar-refractivity contribution >= 4 is 5.91 Å². The maximum absolute atomic E-state index is 11.6. The Morgan fingerprint density at radius 3 is 2.86 bits per heavy atom. The molecule has 0 radical (unpaired) electrons. The Morgan fingerprint density at radius 1 is 1.71 bits per heavy atom. The monoisotopic (exact) mass is 196 g/mol. The van der Waals surface area contributed by atoms with Crippen molar-refractivity contribution in [3.05, 3.63) is 12.7 Å². The first-order valence-corrected chi connectivity index (χ1v) is 5.24. The van der Waals surface area contributed by atoms with Crippen LogP contribution < -0.4 is 5.32 Å². The summed E-state index contributed by atoms with van der Waals surface area (Å²) in [5, 5.41) is 3.02. The molecule has 80 valence electrons. The van der Waals surface area contributed by atoms with E-state index in [1.807, 2.05) is 11.9 Å². The zero-order valence-corrected chi connectivity index (χ0v) is 9.12. The molecule has 14 heavy (non-hydrogen) atoms. The van der Waals surface area contributed by atoms with Crippen molar-refractivity contribution < 1.29 is 4.79 Å². The molecule has 0 bridgehead atoms. The van der Waals surface area contributed by atoms with Crippen LogP contribution in [0.2, 0.25) is 0 Å².